The zero-order valence-electron chi connectivity index (χ0n) is 14.7. The van der Waals surface area contributed by atoms with Crippen molar-refractivity contribution in [2.45, 2.75) is 44.2 Å². The standard InChI is InChI=1S/C19H24N2O3S/c1-4-14(2)20-19(22)17-11-8-12-18(13-17)25(23,24)21-15(3)16-9-6-5-7-10-16/h5-15,21H,4H2,1-3H3,(H,20,22). The predicted molar refractivity (Wildman–Crippen MR) is 98.8 cm³/mol. The van der Waals surface area contributed by atoms with Crippen LogP contribution in [0.25, 0.3) is 0 Å². The summed E-state index contributed by atoms with van der Waals surface area (Å²) >= 11 is 0. The van der Waals surface area contributed by atoms with Crippen LogP contribution in [-0.2, 0) is 10.0 Å². The SMILES string of the molecule is CCC(C)NC(=O)c1cccc(S(=O)(=O)NC(C)c2ccccc2)c1. The van der Waals surface area contributed by atoms with Gasteiger partial charge in [0, 0.05) is 17.6 Å². The number of sulfonamides is 1. The first-order valence-corrected chi connectivity index (χ1v) is 9.80. The smallest absolute Gasteiger partial charge is 0.251 e. The van der Waals surface area contributed by atoms with Gasteiger partial charge in [0.25, 0.3) is 5.91 Å². The maximum Gasteiger partial charge on any atom is 0.251 e. The minimum absolute atomic E-state index is 0.0315. The zero-order chi connectivity index (χ0) is 18.4. The molecule has 0 saturated carbocycles. The summed E-state index contributed by atoms with van der Waals surface area (Å²) < 4.78 is 27.9. The Labute approximate surface area is 149 Å². The third-order valence-electron chi connectivity index (χ3n) is 4.03. The van der Waals surface area contributed by atoms with Crippen LogP contribution >= 0.6 is 0 Å². The maximum atomic E-state index is 12.6. The number of nitrogens with one attached hydrogen (secondary N) is 2. The lowest BCUT2D eigenvalue weighted by Gasteiger charge is -2.15. The van der Waals surface area contributed by atoms with Crippen LogP contribution in [0, 0.1) is 0 Å². The fourth-order valence-electron chi connectivity index (χ4n) is 2.32. The number of amides is 1. The van der Waals surface area contributed by atoms with Gasteiger partial charge in [-0.15, -0.1) is 0 Å². The molecule has 0 aliphatic rings. The monoisotopic (exact) mass is 360 g/mol. The molecule has 2 unspecified atom stereocenters. The molecule has 2 rings (SSSR count). The van der Waals surface area contributed by atoms with Crippen molar-refractivity contribution in [1.82, 2.24) is 10.0 Å². The van der Waals surface area contributed by atoms with Crippen LogP contribution in [0.5, 0.6) is 0 Å². The molecule has 0 aliphatic heterocycles. The molecular formula is C19H24N2O3S. The molecule has 5 nitrogen and oxygen atoms in total. The number of rotatable bonds is 7. The molecule has 0 heterocycles. The first-order chi connectivity index (χ1) is 11.8. The van der Waals surface area contributed by atoms with Gasteiger partial charge in [-0.05, 0) is 44.0 Å². The fraction of sp³-hybridized carbons (Fsp3) is 0.316. The normalized spacial score (nSPS) is 13.9. The lowest BCUT2D eigenvalue weighted by atomic mass is 10.1. The van der Waals surface area contributed by atoms with E-state index in [9.17, 15) is 13.2 Å². The number of benzene rings is 2. The van der Waals surface area contributed by atoms with E-state index in [1.165, 1.54) is 12.1 Å². The van der Waals surface area contributed by atoms with Crippen molar-refractivity contribution in [3.05, 3.63) is 65.7 Å². The molecule has 134 valence electrons. The third kappa shape index (κ3) is 5.14. The molecule has 2 aromatic rings. The van der Waals surface area contributed by atoms with Gasteiger partial charge in [0.1, 0.15) is 0 Å². The summed E-state index contributed by atoms with van der Waals surface area (Å²) in [6, 6.07) is 15.1. The molecule has 2 atom stereocenters. The van der Waals surface area contributed by atoms with Gasteiger partial charge in [-0.2, -0.15) is 0 Å². The van der Waals surface area contributed by atoms with Crippen LogP contribution in [0.15, 0.2) is 59.5 Å². The van der Waals surface area contributed by atoms with Crippen LogP contribution < -0.4 is 10.0 Å². The number of carbonyl (C=O) groups is 1. The van der Waals surface area contributed by atoms with Gasteiger partial charge in [-0.25, -0.2) is 13.1 Å². The van der Waals surface area contributed by atoms with E-state index in [0.29, 0.717) is 5.56 Å². The predicted octanol–water partition coefficient (Wildman–Crippen LogP) is 3.25. The van der Waals surface area contributed by atoms with E-state index in [1.54, 1.807) is 19.1 Å². The highest BCUT2D eigenvalue weighted by molar-refractivity contribution is 7.89. The van der Waals surface area contributed by atoms with Gasteiger partial charge in [0.05, 0.1) is 4.90 Å². The van der Waals surface area contributed by atoms with Crippen molar-refractivity contribution in [2.75, 3.05) is 0 Å². The fourth-order valence-corrected chi connectivity index (χ4v) is 3.60. The van der Waals surface area contributed by atoms with E-state index in [1.807, 2.05) is 44.2 Å². The Balaban J connectivity index is 2.19. The summed E-state index contributed by atoms with van der Waals surface area (Å²) in [5.41, 5.74) is 1.20. The van der Waals surface area contributed by atoms with Crippen molar-refractivity contribution < 1.29 is 13.2 Å². The minimum Gasteiger partial charge on any atom is -0.350 e. The second-order valence-electron chi connectivity index (χ2n) is 6.06. The van der Waals surface area contributed by atoms with Crippen LogP contribution in [0.3, 0.4) is 0 Å². The third-order valence-corrected chi connectivity index (χ3v) is 5.57. The first kappa shape index (κ1) is 19.1. The molecule has 2 N–H and O–H groups in total. The van der Waals surface area contributed by atoms with Crippen molar-refractivity contribution in [2.24, 2.45) is 0 Å². The lowest BCUT2D eigenvalue weighted by molar-refractivity contribution is 0.0939. The average molecular weight is 360 g/mol. The largest absolute Gasteiger partial charge is 0.350 e. The highest BCUT2D eigenvalue weighted by atomic mass is 32.2. The van der Waals surface area contributed by atoms with Gasteiger partial charge in [0.2, 0.25) is 10.0 Å². The maximum absolute atomic E-state index is 12.6. The Bertz CT molecular complexity index is 820. The Morgan fingerprint density at radius 2 is 1.72 bits per heavy atom. The summed E-state index contributed by atoms with van der Waals surface area (Å²) in [5.74, 6) is -0.275. The molecule has 6 heteroatoms. The molecule has 0 bridgehead atoms. The second kappa shape index (κ2) is 8.27. The molecule has 25 heavy (non-hydrogen) atoms. The highest BCUT2D eigenvalue weighted by Gasteiger charge is 2.20. The summed E-state index contributed by atoms with van der Waals surface area (Å²) in [6.45, 7) is 5.66. The number of hydrogen-bond donors (Lipinski definition) is 2. The Hall–Kier alpha value is -2.18. The molecule has 0 radical (unpaired) electrons. The number of hydrogen-bond acceptors (Lipinski definition) is 3. The topological polar surface area (TPSA) is 75.3 Å². The van der Waals surface area contributed by atoms with E-state index in [4.69, 9.17) is 0 Å². The van der Waals surface area contributed by atoms with E-state index >= 15 is 0 Å². The Morgan fingerprint density at radius 3 is 2.36 bits per heavy atom. The summed E-state index contributed by atoms with van der Waals surface area (Å²) in [4.78, 5) is 12.3. The van der Waals surface area contributed by atoms with E-state index in [-0.39, 0.29) is 22.9 Å². The molecular weight excluding hydrogens is 336 g/mol. The van der Waals surface area contributed by atoms with Gasteiger partial charge in [0.15, 0.2) is 0 Å². The average Bonchev–Trinajstić information content (AvgIpc) is 2.62. The Morgan fingerprint density at radius 1 is 1.04 bits per heavy atom. The summed E-state index contributed by atoms with van der Waals surface area (Å²) in [7, 11) is -3.73. The molecule has 0 aliphatic carbocycles. The number of carbonyl (C=O) groups excluding carboxylic acids is 1. The van der Waals surface area contributed by atoms with Crippen molar-refractivity contribution >= 4 is 15.9 Å². The molecule has 0 spiro atoms. The first-order valence-electron chi connectivity index (χ1n) is 8.31. The van der Waals surface area contributed by atoms with Crippen LogP contribution in [0.2, 0.25) is 0 Å². The van der Waals surface area contributed by atoms with E-state index < -0.39 is 10.0 Å². The van der Waals surface area contributed by atoms with Crippen molar-refractivity contribution in [3.8, 4) is 0 Å². The van der Waals surface area contributed by atoms with Crippen molar-refractivity contribution in [1.29, 1.82) is 0 Å². The quantitative estimate of drug-likeness (QED) is 0.796. The molecule has 1 amide bonds. The van der Waals surface area contributed by atoms with Gasteiger partial charge in [-0.1, -0.05) is 43.3 Å². The zero-order valence-corrected chi connectivity index (χ0v) is 15.5. The second-order valence-corrected chi connectivity index (χ2v) is 7.78. The Kier molecular flexibility index (Phi) is 6.33. The highest BCUT2D eigenvalue weighted by Crippen LogP contribution is 2.17. The molecule has 2 aromatic carbocycles. The van der Waals surface area contributed by atoms with Crippen LogP contribution in [0.4, 0.5) is 0 Å². The lowest BCUT2D eigenvalue weighted by Crippen LogP contribution is -2.32. The molecule has 0 aromatic heterocycles. The van der Waals surface area contributed by atoms with Crippen LogP contribution in [-0.4, -0.2) is 20.4 Å². The van der Waals surface area contributed by atoms with Gasteiger partial charge < -0.3 is 5.32 Å². The van der Waals surface area contributed by atoms with E-state index in [2.05, 4.69) is 10.0 Å². The molecule has 0 fully saturated rings. The summed E-state index contributed by atoms with van der Waals surface area (Å²) in [5, 5.41) is 2.84. The van der Waals surface area contributed by atoms with E-state index in [0.717, 1.165) is 12.0 Å². The minimum atomic E-state index is -3.73. The molecule has 0 saturated heterocycles. The van der Waals surface area contributed by atoms with Crippen LogP contribution in [0.1, 0.15) is 49.2 Å². The van der Waals surface area contributed by atoms with Crippen molar-refractivity contribution in [3.63, 3.8) is 0 Å². The van der Waals surface area contributed by atoms with Gasteiger partial charge >= 0.3 is 0 Å². The summed E-state index contributed by atoms with van der Waals surface area (Å²) in [6.07, 6.45) is 0.805. The van der Waals surface area contributed by atoms with Gasteiger partial charge in [-0.3, -0.25) is 4.79 Å².